The van der Waals surface area contributed by atoms with E-state index in [4.69, 9.17) is 0 Å². The molecule has 1 unspecified atom stereocenters. The van der Waals surface area contributed by atoms with Crippen LogP contribution in [-0.2, 0) is 0 Å². The van der Waals surface area contributed by atoms with Gasteiger partial charge in [-0.3, -0.25) is 4.99 Å². The highest BCUT2D eigenvalue weighted by Gasteiger charge is 2.16. The summed E-state index contributed by atoms with van der Waals surface area (Å²) in [7, 11) is 2.10. The molecule has 0 amide bonds. The van der Waals surface area contributed by atoms with Gasteiger partial charge < -0.3 is 15.5 Å². The Hall–Kier alpha value is -0.770. The fraction of sp³-hybridized carbons (Fsp3) is 0.900. The van der Waals surface area contributed by atoms with Gasteiger partial charge in [0.05, 0.1) is 6.54 Å². The molecule has 0 saturated carbocycles. The largest absolute Gasteiger partial charge is 0.356 e. The third kappa shape index (κ3) is 2.38. The normalized spacial score (nSPS) is 27.6. The average molecular weight is 196 g/mol. The average Bonchev–Trinajstić information content (AvgIpc) is 2.63. The summed E-state index contributed by atoms with van der Waals surface area (Å²) < 4.78 is 0. The summed E-state index contributed by atoms with van der Waals surface area (Å²) in [6.45, 7) is 5.42. The van der Waals surface area contributed by atoms with E-state index in [1.165, 1.54) is 19.4 Å². The first-order chi connectivity index (χ1) is 6.86. The van der Waals surface area contributed by atoms with Crippen molar-refractivity contribution in [2.45, 2.75) is 12.8 Å². The second-order valence-corrected chi connectivity index (χ2v) is 4.22. The Bertz CT molecular complexity index is 208. The smallest absolute Gasteiger partial charge is 0.193 e. The number of aliphatic imine (C=N–C) groups is 1. The van der Waals surface area contributed by atoms with Gasteiger partial charge in [0.15, 0.2) is 5.96 Å². The highest BCUT2D eigenvalue weighted by Crippen LogP contribution is 2.08. The summed E-state index contributed by atoms with van der Waals surface area (Å²) >= 11 is 0. The van der Waals surface area contributed by atoms with E-state index in [2.05, 4.69) is 27.6 Å². The number of piperidine rings is 1. The lowest BCUT2D eigenvalue weighted by Gasteiger charge is -2.24. The molecule has 4 heteroatoms. The van der Waals surface area contributed by atoms with E-state index in [9.17, 15) is 0 Å². The molecule has 2 heterocycles. The molecule has 4 nitrogen and oxygen atoms in total. The Morgan fingerprint density at radius 2 is 2.57 bits per heavy atom. The van der Waals surface area contributed by atoms with Crippen LogP contribution in [0.15, 0.2) is 4.99 Å². The lowest BCUT2D eigenvalue weighted by molar-refractivity contribution is 0.371. The molecule has 0 aromatic heterocycles. The molecule has 80 valence electrons. The highest BCUT2D eigenvalue weighted by atomic mass is 15.3. The molecule has 0 aromatic rings. The molecule has 1 saturated heterocycles. The first kappa shape index (κ1) is 9.77. The fourth-order valence-electron chi connectivity index (χ4n) is 2.06. The molecule has 2 aliphatic heterocycles. The zero-order valence-corrected chi connectivity index (χ0v) is 8.92. The second-order valence-electron chi connectivity index (χ2n) is 4.22. The summed E-state index contributed by atoms with van der Waals surface area (Å²) in [5.74, 6) is 1.86. The van der Waals surface area contributed by atoms with Gasteiger partial charge in [-0.25, -0.2) is 0 Å². The van der Waals surface area contributed by atoms with Gasteiger partial charge >= 0.3 is 0 Å². The summed E-state index contributed by atoms with van der Waals surface area (Å²) in [6.07, 6.45) is 2.66. The maximum absolute atomic E-state index is 4.41. The summed E-state index contributed by atoms with van der Waals surface area (Å²) in [5, 5.41) is 6.86. The lowest BCUT2D eigenvalue weighted by atomic mass is 10.00. The lowest BCUT2D eigenvalue weighted by Crippen LogP contribution is -2.42. The molecule has 0 radical (unpaired) electrons. The number of guanidine groups is 1. The third-order valence-corrected chi connectivity index (χ3v) is 3.01. The monoisotopic (exact) mass is 196 g/mol. The van der Waals surface area contributed by atoms with E-state index in [1.54, 1.807) is 0 Å². The molecule has 0 spiro atoms. The van der Waals surface area contributed by atoms with Gasteiger partial charge in [-0.05, 0) is 31.8 Å². The molecular weight excluding hydrogens is 176 g/mol. The third-order valence-electron chi connectivity index (χ3n) is 3.01. The van der Waals surface area contributed by atoms with E-state index < -0.39 is 0 Å². The second kappa shape index (κ2) is 4.64. The van der Waals surface area contributed by atoms with Crippen LogP contribution >= 0.6 is 0 Å². The van der Waals surface area contributed by atoms with Gasteiger partial charge in [-0.1, -0.05) is 0 Å². The number of likely N-dealkylation sites (N-methyl/N-ethyl adjacent to an activating group) is 1. The van der Waals surface area contributed by atoms with Crippen LogP contribution in [0, 0.1) is 5.92 Å². The van der Waals surface area contributed by atoms with Gasteiger partial charge in [-0.2, -0.15) is 0 Å². The molecule has 14 heavy (non-hydrogen) atoms. The van der Waals surface area contributed by atoms with Crippen molar-refractivity contribution in [1.29, 1.82) is 0 Å². The Labute approximate surface area is 85.8 Å². The number of nitrogens with zero attached hydrogens (tertiary/aromatic N) is 2. The first-order valence-electron chi connectivity index (χ1n) is 5.56. The zero-order valence-electron chi connectivity index (χ0n) is 8.92. The molecule has 0 bridgehead atoms. The first-order valence-corrected chi connectivity index (χ1v) is 5.56. The van der Waals surface area contributed by atoms with Crippen molar-refractivity contribution in [3.63, 3.8) is 0 Å². The highest BCUT2D eigenvalue weighted by molar-refractivity contribution is 5.81. The summed E-state index contributed by atoms with van der Waals surface area (Å²) in [6, 6.07) is 0. The van der Waals surface area contributed by atoms with Crippen LogP contribution in [0.4, 0.5) is 0 Å². The van der Waals surface area contributed by atoms with Crippen molar-refractivity contribution in [3.8, 4) is 0 Å². The Morgan fingerprint density at radius 3 is 3.21 bits per heavy atom. The standard InChI is InChI=1S/C10H20N4/c1-14-6-5-12-10(14)13-8-9-3-2-4-11-7-9/h9,11H,2-8H2,1H3,(H,12,13). The van der Waals surface area contributed by atoms with Gasteiger partial charge in [0, 0.05) is 20.1 Å². The minimum absolute atomic E-state index is 0.778. The van der Waals surface area contributed by atoms with E-state index in [1.807, 2.05) is 0 Å². The number of nitrogens with one attached hydrogen (secondary N) is 2. The van der Waals surface area contributed by atoms with Gasteiger partial charge in [0.2, 0.25) is 0 Å². The van der Waals surface area contributed by atoms with Crippen LogP contribution in [0.1, 0.15) is 12.8 Å². The summed E-state index contributed by atoms with van der Waals surface area (Å²) in [4.78, 5) is 6.60. The predicted molar refractivity (Wildman–Crippen MR) is 58.5 cm³/mol. The van der Waals surface area contributed by atoms with Crippen LogP contribution in [0.5, 0.6) is 0 Å². The maximum atomic E-state index is 4.41. The van der Waals surface area contributed by atoms with Gasteiger partial charge in [0.1, 0.15) is 0 Å². The Morgan fingerprint density at radius 1 is 1.64 bits per heavy atom. The van der Waals surface area contributed by atoms with Crippen LogP contribution in [0.2, 0.25) is 0 Å². The fourth-order valence-corrected chi connectivity index (χ4v) is 2.06. The predicted octanol–water partition coefficient (Wildman–Crippen LogP) is -0.123. The van der Waals surface area contributed by atoms with Crippen LogP contribution in [-0.4, -0.2) is 50.6 Å². The van der Waals surface area contributed by atoms with Crippen molar-refractivity contribution in [2.75, 3.05) is 39.8 Å². The molecule has 1 atom stereocenters. The van der Waals surface area contributed by atoms with Crippen molar-refractivity contribution in [2.24, 2.45) is 10.9 Å². The quantitative estimate of drug-likeness (QED) is 0.646. The molecule has 2 rings (SSSR count). The van der Waals surface area contributed by atoms with Crippen LogP contribution in [0.3, 0.4) is 0 Å². The number of hydrogen-bond acceptors (Lipinski definition) is 4. The zero-order chi connectivity index (χ0) is 9.80. The Kier molecular flexibility index (Phi) is 3.24. The van der Waals surface area contributed by atoms with Crippen LogP contribution in [0.25, 0.3) is 0 Å². The van der Waals surface area contributed by atoms with Crippen molar-refractivity contribution in [1.82, 2.24) is 15.5 Å². The van der Waals surface area contributed by atoms with Gasteiger partial charge in [-0.15, -0.1) is 0 Å². The molecule has 0 aliphatic carbocycles. The van der Waals surface area contributed by atoms with Gasteiger partial charge in [0.25, 0.3) is 0 Å². The SMILES string of the molecule is CN1CCN=C1NCC1CCCNC1. The van der Waals surface area contributed by atoms with Crippen molar-refractivity contribution < 1.29 is 0 Å². The Balaban J connectivity index is 1.70. The van der Waals surface area contributed by atoms with E-state index >= 15 is 0 Å². The van der Waals surface area contributed by atoms with Crippen molar-refractivity contribution in [3.05, 3.63) is 0 Å². The van der Waals surface area contributed by atoms with Crippen molar-refractivity contribution >= 4 is 5.96 Å². The summed E-state index contributed by atoms with van der Waals surface area (Å²) in [5.41, 5.74) is 0. The van der Waals surface area contributed by atoms with E-state index in [-0.39, 0.29) is 0 Å². The molecule has 2 N–H and O–H groups in total. The molecule has 1 fully saturated rings. The molecule has 0 aromatic carbocycles. The minimum Gasteiger partial charge on any atom is -0.356 e. The maximum Gasteiger partial charge on any atom is 0.193 e. The van der Waals surface area contributed by atoms with Crippen LogP contribution < -0.4 is 10.6 Å². The number of hydrogen-bond donors (Lipinski definition) is 2. The number of rotatable bonds is 2. The van der Waals surface area contributed by atoms with E-state index in [0.29, 0.717) is 0 Å². The van der Waals surface area contributed by atoms with E-state index in [0.717, 1.165) is 38.1 Å². The molecular formula is C10H20N4. The topological polar surface area (TPSA) is 39.7 Å². The molecule has 2 aliphatic rings. The minimum atomic E-state index is 0.778.